The molecule has 1 unspecified atom stereocenters. The van der Waals surface area contributed by atoms with Crippen molar-refractivity contribution in [2.45, 2.75) is 55.1 Å². The van der Waals surface area contributed by atoms with Gasteiger partial charge < -0.3 is 10.6 Å². The third-order valence-corrected chi connectivity index (χ3v) is 9.58. The molecule has 2 aliphatic carbocycles. The van der Waals surface area contributed by atoms with Gasteiger partial charge in [-0.3, -0.25) is 9.05 Å². The zero-order valence-corrected chi connectivity index (χ0v) is 19.9. The van der Waals surface area contributed by atoms with Crippen molar-refractivity contribution in [2.75, 3.05) is 12.9 Å². The summed E-state index contributed by atoms with van der Waals surface area (Å²) in [4.78, 5) is 10.0. The minimum atomic E-state index is -4.15. The first-order valence-electron chi connectivity index (χ1n) is 10.9. The first kappa shape index (κ1) is 23.6. The number of phosphoric acid groups is 1. The predicted octanol–water partition coefficient (Wildman–Crippen LogP) is 3.95. The number of fused-ring (bicyclic) bond motifs is 1. The van der Waals surface area contributed by atoms with Crippen LogP contribution in [0.4, 0.5) is 0 Å². The standard InChI is InChI=1S/C23H30NO6PS/c1-29-31(25,26)30-23(24)12-11-21(15-23)20-10-9-18-13-17(7-8-19(18)14-20)16-32(27,28)22-5-3-2-4-6-22/h2-6,9-10,14,17,21H,7-8,11-13,15-16,24H2,1H3,(H,25,26)/t17-,21-,23+/m0/s1. The summed E-state index contributed by atoms with van der Waals surface area (Å²) in [5.41, 5.74) is 8.62. The summed E-state index contributed by atoms with van der Waals surface area (Å²) in [5, 5.41) is 0. The number of nitrogens with two attached hydrogens (primary N) is 1. The summed E-state index contributed by atoms with van der Waals surface area (Å²) in [6, 6.07) is 15.0. The number of hydrogen-bond donors (Lipinski definition) is 2. The van der Waals surface area contributed by atoms with Crippen molar-refractivity contribution in [1.29, 1.82) is 0 Å². The molecule has 2 aliphatic rings. The van der Waals surface area contributed by atoms with Gasteiger partial charge in [0.25, 0.3) is 0 Å². The number of sulfone groups is 1. The molecule has 4 atom stereocenters. The summed E-state index contributed by atoms with van der Waals surface area (Å²) in [5.74, 6) is 0.399. The van der Waals surface area contributed by atoms with Gasteiger partial charge in [-0.1, -0.05) is 36.4 Å². The molecule has 0 saturated heterocycles. The molecule has 2 aromatic carbocycles. The monoisotopic (exact) mass is 479 g/mol. The molecule has 1 fully saturated rings. The van der Waals surface area contributed by atoms with Gasteiger partial charge in [-0.25, -0.2) is 13.0 Å². The highest BCUT2D eigenvalue weighted by atomic mass is 32.2. The van der Waals surface area contributed by atoms with E-state index in [9.17, 15) is 17.9 Å². The van der Waals surface area contributed by atoms with Gasteiger partial charge in [0, 0.05) is 7.11 Å². The molecule has 9 heteroatoms. The van der Waals surface area contributed by atoms with E-state index in [0.717, 1.165) is 38.4 Å². The van der Waals surface area contributed by atoms with Crippen LogP contribution < -0.4 is 5.73 Å². The lowest BCUT2D eigenvalue weighted by Gasteiger charge is -2.27. The fourth-order valence-corrected chi connectivity index (χ4v) is 7.32. The molecule has 0 heterocycles. The second-order valence-corrected chi connectivity index (χ2v) is 12.5. The Morgan fingerprint density at radius 1 is 1.16 bits per heavy atom. The van der Waals surface area contributed by atoms with Gasteiger partial charge in [0.15, 0.2) is 9.84 Å². The Balaban J connectivity index is 1.42. The molecule has 7 nitrogen and oxygen atoms in total. The van der Waals surface area contributed by atoms with Crippen molar-refractivity contribution in [3.8, 4) is 0 Å². The van der Waals surface area contributed by atoms with Crippen molar-refractivity contribution in [3.63, 3.8) is 0 Å². The smallest absolute Gasteiger partial charge is 0.303 e. The Hall–Kier alpha value is -1.54. The van der Waals surface area contributed by atoms with E-state index in [1.165, 1.54) is 11.1 Å². The first-order chi connectivity index (χ1) is 15.1. The maximum absolute atomic E-state index is 12.8. The first-order valence-corrected chi connectivity index (χ1v) is 14.0. The van der Waals surface area contributed by atoms with Gasteiger partial charge >= 0.3 is 7.82 Å². The van der Waals surface area contributed by atoms with Crippen LogP contribution >= 0.6 is 7.82 Å². The van der Waals surface area contributed by atoms with Crippen molar-refractivity contribution in [1.82, 2.24) is 0 Å². The average Bonchev–Trinajstić information content (AvgIpc) is 3.14. The molecule has 4 rings (SSSR count). The van der Waals surface area contributed by atoms with E-state index in [-0.39, 0.29) is 17.6 Å². The predicted molar refractivity (Wildman–Crippen MR) is 122 cm³/mol. The van der Waals surface area contributed by atoms with E-state index in [0.29, 0.717) is 17.7 Å². The van der Waals surface area contributed by atoms with Gasteiger partial charge in [-0.05, 0) is 79.2 Å². The molecular weight excluding hydrogens is 449 g/mol. The van der Waals surface area contributed by atoms with Gasteiger partial charge in [-0.15, -0.1) is 0 Å². The van der Waals surface area contributed by atoms with Gasteiger partial charge in [0.05, 0.1) is 10.6 Å². The number of aryl methyl sites for hydroxylation is 1. The van der Waals surface area contributed by atoms with E-state index in [1.54, 1.807) is 24.3 Å². The molecule has 0 amide bonds. The number of rotatable bonds is 7. The summed E-state index contributed by atoms with van der Waals surface area (Å²) in [6.45, 7) is 0. The molecule has 2 aromatic rings. The molecule has 1 saturated carbocycles. The molecule has 0 radical (unpaired) electrons. The van der Waals surface area contributed by atoms with Crippen LogP contribution in [0.25, 0.3) is 0 Å². The third-order valence-electron chi connectivity index (χ3n) is 6.63. The maximum Gasteiger partial charge on any atom is 0.473 e. The second-order valence-electron chi connectivity index (χ2n) is 8.98. The Kier molecular flexibility index (Phi) is 6.65. The molecule has 32 heavy (non-hydrogen) atoms. The fraction of sp³-hybridized carbons (Fsp3) is 0.478. The summed E-state index contributed by atoms with van der Waals surface area (Å²) < 4.78 is 47.0. The zero-order chi connectivity index (χ0) is 23.0. The van der Waals surface area contributed by atoms with Crippen molar-refractivity contribution in [3.05, 3.63) is 65.2 Å². The van der Waals surface area contributed by atoms with E-state index in [1.807, 2.05) is 6.07 Å². The van der Waals surface area contributed by atoms with Crippen molar-refractivity contribution in [2.24, 2.45) is 11.7 Å². The molecule has 0 aromatic heterocycles. The van der Waals surface area contributed by atoms with Crippen LogP contribution in [0, 0.1) is 5.92 Å². The highest BCUT2D eigenvalue weighted by Gasteiger charge is 2.43. The van der Waals surface area contributed by atoms with Crippen LogP contribution in [0.15, 0.2) is 53.4 Å². The van der Waals surface area contributed by atoms with Crippen LogP contribution in [-0.4, -0.2) is 31.9 Å². The molecule has 0 aliphatic heterocycles. The molecule has 174 valence electrons. The van der Waals surface area contributed by atoms with Crippen LogP contribution in [-0.2, 0) is 36.3 Å². The van der Waals surface area contributed by atoms with Crippen LogP contribution in [0.3, 0.4) is 0 Å². The SMILES string of the molecule is COP(=O)(O)O[C@]1(N)CC[C@H](c2ccc3c(c2)CC[C@H](CS(=O)(=O)c2ccccc2)C3)C1. The lowest BCUT2D eigenvalue weighted by Crippen LogP contribution is -2.39. The lowest BCUT2D eigenvalue weighted by molar-refractivity contribution is 0.0368. The van der Waals surface area contributed by atoms with Gasteiger partial charge in [-0.2, -0.15) is 0 Å². The number of benzene rings is 2. The van der Waals surface area contributed by atoms with Crippen molar-refractivity contribution < 1.29 is 26.9 Å². The van der Waals surface area contributed by atoms with E-state index in [4.69, 9.17) is 10.3 Å². The molecule has 0 bridgehead atoms. The van der Waals surface area contributed by atoms with E-state index in [2.05, 4.69) is 22.7 Å². The second kappa shape index (κ2) is 9.01. The zero-order valence-electron chi connectivity index (χ0n) is 18.1. The Bertz CT molecular complexity index is 1120. The van der Waals surface area contributed by atoms with Crippen LogP contribution in [0.5, 0.6) is 0 Å². The highest BCUT2D eigenvalue weighted by Crippen LogP contribution is 2.51. The van der Waals surface area contributed by atoms with Gasteiger partial charge in [0.1, 0.15) is 5.72 Å². The van der Waals surface area contributed by atoms with Crippen molar-refractivity contribution >= 4 is 17.7 Å². The van der Waals surface area contributed by atoms with E-state index >= 15 is 0 Å². The minimum Gasteiger partial charge on any atom is -0.303 e. The molecule has 3 N–H and O–H groups in total. The lowest BCUT2D eigenvalue weighted by atomic mass is 9.82. The normalized spacial score (nSPS) is 27.6. The summed E-state index contributed by atoms with van der Waals surface area (Å²) in [7, 11) is -6.32. The Labute approximate surface area is 189 Å². The number of phosphoric ester groups is 1. The van der Waals surface area contributed by atoms with Crippen LogP contribution in [0.2, 0.25) is 0 Å². The van der Waals surface area contributed by atoms with E-state index < -0.39 is 23.4 Å². The largest absolute Gasteiger partial charge is 0.473 e. The van der Waals surface area contributed by atoms with Crippen LogP contribution in [0.1, 0.15) is 48.3 Å². The Morgan fingerprint density at radius 2 is 1.91 bits per heavy atom. The highest BCUT2D eigenvalue weighted by molar-refractivity contribution is 7.91. The number of hydrogen-bond acceptors (Lipinski definition) is 6. The molecular formula is C23H30NO6PS. The maximum atomic E-state index is 12.8. The quantitative estimate of drug-likeness (QED) is 0.456. The summed E-state index contributed by atoms with van der Waals surface area (Å²) >= 11 is 0. The third kappa shape index (κ3) is 5.33. The van der Waals surface area contributed by atoms with Gasteiger partial charge in [0.2, 0.25) is 0 Å². The summed E-state index contributed by atoms with van der Waals surface area (Å²) in [6.07, 6.45) is 4.10. The Morgan fingerprint density at radius 3 is 2.62 bits per heavy atom. The average molecular weight is 480 g/mol. The fourth-order valence-electron chi connectivity index (χ4n) is 4.96. The minimum absolute atomic E-state index is 0.0999. The topological polar surface area (TPSA) is 116 Å². The molecule has 0 spiro atoms.